The molecule has 6 nitrogen and oxygen atoms in total. The van der Waals surface area contributed by atoms with Gasteiger partial charge in [0.05, 0.1) is 13.2 Å². The van der Waals surface area contributed by atoms with Crippen LogP contribution in [0.25, 0.3) is 11.1 Å². The third-order valence-electron chi connectivity index (χ3n) is 7.67. The predicted octanol–water partition coefficient (Wildman–Crippen LogP) is 4.79. The highest BCUT2D eigenvalue weighted by Gasteiger charge is 2.56. The van der Waals surface area contributed by atoms with E-state index < -0.39 is 22.8 Å². The Kier molecular flexibility index (Phi) is 9.12. The highest BCUT2D eigenvalue weighted by molar-refractivity contribution is 5.70. The number of nitrogens with zero attached hydrogens (tertiary/aromatic N) is 1. The smallest absolute Gasteiger partial charge is 0.209 e. The second-order valence-corrected chi connectivity index (χ2v) is 10.1. The normalized spacial score (nSPS) is 19.1. The molecule has 0 unspecified atom stereocenters. The van der Waals surface area contributed by atoms with E-state index in [4.69, 9.17) is 15.2 Å². The lowest BCUT2D eigenvalue weighted by Crippen LogP contribution is -2.61. The van der Waals surface area contributed by atoms with Crippen LogP contribution in [0.2, 0.25) is 0 Å². The van der Waals surface area contributed by atoms with E-state index in [1.165, 1.54) is 18.2 Å². The first-order valence-electron chi connectivity index (χ1n) is 13.2. The number of hydrogen-bond donors (Lipinski definition) is 2. The molecule has 1 saturated heterocycles. The van der Waals surface area contributed by atoms with Gasteiger partial charge in [-0.3, -0.25) is 4.79 Å². The van der Waals surface area contributed by atoms with Crippen molar-refractivity contribution in [3.8, 4) is 11.1 Å². The topological polar surface area (TPSA) is 85.0 Å². The molecule has 8 heteroatoms. The number of hydrogen-bond acceptors (Lipinski definition) is 5. The Hall–Kier alpha value is -3.17. The average molecular weight is 539 g/mol. The van der Waals surface area contributed by atoms with Crippen molar-refractivity contribution in [3.05, 3.63) is 94.6 Å². The van der Waals surface area contributed by atoms with Crippen LogP contribution >= 0.6 is 0 Å². The molecule has 3 N–H and O–H groups in total. The lowest BCUT2D eigenvalue weighted by molar-refractivity contribution is -0.230. The number of unbranched alkanes of at least 4 members (excludes halogenated alkanes) is 1. The van der Waals surface area contributed by atoms with E-state index in [1.54, 1.807) is 37.1 Å². The van der Waals surface area contributed by atoms with E-state index >= 15 is 4.39 Å². The molecule has 0 aromatic heterocycles. The van der Waals surface area contributed by atoms with Crippen LogP contribution < -0.4 is 5.73 Å². The molecule has 1 aliphatic heterocycles. The molecule has 208 valence electrons. The number of carbonyl (C=O) groups is 1. The van der Waals surface area contributed by atoms with Gasteiger partial charge in [0.2, 0.25) is 6.41 Å². The Bertz CT molecular complexity index is 1290. The van der Waals surface area contributed by atoms with Crippen LogP contribution in [0.3, 0.4) is 0 Å². The Morgan fingerprint density at radius 1 is 1.13 bits per heavy atom. The highest BCUT2D eigenvalue weighted by Crippen LogP contribution is 2.51. The maximum atomic E-state index is 15.7. The summed E-state index contributed by atoms with van der Waals surface area (Å²) in [5, 5.41) is 13.0. The van der Waals surface area contributed by atoms with E-state index in [0.717, 1.165) is 12.0 Å². The summed E-state index contributed by atoms with van der Waals surface area (Å²) in [6.07, 6.45) is 2.12. The molecule has 3 aromatic carbocycles. The van der Waals surface area contributed by atoms with Gasteiger partial charge < -0.3 is 25.2 Å². The molecule has 0 aliphatic carbocycles. The Morgan fingerprint density at radius 2 is 1.90 bits per heavy atom. The van der Waals surface area contributed by atoms with Crippen molar-refractivity contribution in [1.29, 1.82) is 0 Å². The largest absolute Gasteiger partial charge is 0.385 e. The van der Waals surface area contributed by atoms with Gasteiger partial charge in [0, 0.05) is 32.4 Å². The van der Waals surface area contributed by atoms with Gasteiger partial charge in [0.1, 0.15) is 22.8 Å². The summed E-state index contributed by atoms with van der Waals surface area (Å²) >= 11 is 0. The van der Waals surface area contributed by atoms with Gasteiger partial charge in [-0.15, -0.1) is 0 Å². The van der Waals surface area contributed by atoms with E-state index in [9.17, 15) is 14.3 Å². The number of morpholine rings is 1. The lowest BCUT2D eigenvalue weighted by Gasteiger charge is -2.52. The van der Waals surface area contributed by atoms with Crippen molar-refractivity contribution in [1.82, 2.24) is 4.90 Å². The number of amides is 1. The molecule has 1 amide bonds. The fourth-order valence-corrected chi connectivity index (χ4v) is 5.56. The van der Waals surface area contributed by atoms with E-state index in [-0.39, 0.29) is 25.1 Å². The Labute approximate surface area is 228 Å². The molecule has 2 atom stereocenters. The maximum Gasteiger partial charge on any atom is 0.209 e. The van der Waals surface area contributed by atoms with Gasteiger partial charge in [0.25, 0.3) is 0 Å². The van der Waals surface area contributed by atoms with Crippen LogP contribution in [0.5, 0.6) is 0 Å². The number of nitrogens with two attached hydrogens (primary N) is 1. The fourth-order valence-electron chi connectivity index (χ4n) is 5.56. The minimum atomic E-state index is -1.79. The van der Waals surface area contributed by atoms with Crippen molar-refractivity contribution in [3.63, 3.8) is 0 Å². The number of aryl methyl sites for hydroxylation is 1. The molecule has 1 heterocycles. The van der Waals surface area contributed by atoms with E-state index in [0.29, 0.717) is 54.8 Å². The second kappa shape index (κ2) is 12.3. The van der Waals surface area contributed by atoms with Gasteiger partial charge in [-0.1, -0.05) is 42.5 Å². The zero-order valence-corrected chi connectivity index (χ0v) is 22.5. The lowest BCUT2D eigenvalue weighted by atomic mass is 9.68. The monoisotopic (exact) mass is 538 g/mol. The van der Waals surface area contributed by atoms with Crippen molar-refractivity contribution in [2.75, 3.05) is 33.4 Å². The molecule has 0 saturated carbocycles. The summed E-state index contributed by atoms with van der Waals surface area (Å²) in [5.41, 5.74) is 5.44. The van der Waals surface area contributed by atoms with Crippen LogP contribution in [-0.4, -0.2) is 49.8 Å². The molecular formula is C31H36F2N2O4. The summed E-state index contributed by atoms with van der Waals surface area (Å²) in [4.78, 5) is 13.6. The first-order chi connectivity index (χ1) is 18.8. The van der Waals surface area contributed by atoms with E-state index in [1.807, 2.05) is 24.3 Å². The van der Waals surface area contributed by atoms with Gasteiger partial charge >= 0.3 is 0 Å². The van der Waals surface area contributed by atoms with Crippen LogP contribution in [-0.2, 0) is 32.0 Å². The molecule has 3 aromatic rings. The molecule has 0 bridgehead atoms. The maximum absolute atomic E-state index is 15.7. The Balaban J connectivity index is 1.99. The number of aliphatic hydroxyl groups is 1. The molecule has 0 spiro atoms. The van der Waals surface area contributed by atoms with Gasteiger partial charge in [0.15, 0.2) is 0 Å². The van der Waals surface area contributed by atoms with Crippen LogP contribution in [0.1, 0.15) is 41.5 Å². The predicted molar refractivity (Wildman–Crippen MR) is 146 cm³/mol. The third-order valence-corrected chi connectivity index (χ3v) is 7.67. The zero-order valence-electron chi connectivity index (χ0n) is 22.5. The highest BCUT2D eigenvalue weighted by atomic mass is 19.1. The SMILES string of the molecule is COCCCC[C@@](O)(c1cccc(F)c1-c1ccc(F)c(C)c1)[C@@]1(c2ccc(CN)cc2)CN(C=O)CCO1. The molecular weight excluding hydrogens is 502 g/mol. The van der Waals surface area contributed by atoms with Crippen molar-refractivity contribution >= 4 is 6.41 Å². The quantitative estimate of drug-likeness (QED) is 0.271. The number of rotatable bonds is 11. The summed E-state index contributed by atoms with van der Waals surface area (Å²) in [6.45, 7) is 3.04. The number of carbonyl (C=O) groups excluding carboxylic acids is 1. The zero-order chi connectivity index (χ0) is 28.0. The van der Waals surface area contributed by atoms with Crippen LogP contribution in [0.4, 0.5) is 8.78 Å². The van der Waals surface area contributed by atoms with Crippen molar-refractivity contribution in [2.24, 2.45) is 5.73 Å². The van der Waals surface area contributed by atoms with Crippen LogP contribution in [0.15, 0.2) is 60.7 Å². The third kappa shape index (κ3) is 5.61. The Morgan fingerprint density at radius 3 is 2.56 bits per heavy atom. The first-order valence-corrected chi connectivity index (χ1v) is 13.2. The molecule has 0 radical (unpaired) electrons. The number of halogens is 2. The average Bonchev–Trinajstić information content (AvgIpc) is 2.96. The van der Waals surface area contributed by atoms with Gasteiger partial charge in [-0.05, 0) is 72.2 Å². The number of methoxy groups -OCH3 is 1. The standard InChI is InChI=1S/C31H36F2N2O4/c1-22-18-24(10-13-27(22)32)29-26(6-5-7-28(29)33)30(37,14-3-4-16-38-2)31(20-35(21-36)15-17-39-31)25-11-8-23(19-34)9-12-25/h5-13,18,21,37H,3-4,14-17,19-20,34H2,1-2H3/t30-,31+/m1/s1. The molecule has 4 rings (SSSR count). The minimum absolute atomic E-state index is 0.0532. The summed E-state index contributed by atoms with van der Waals surface area (Å²) in [6, 6.07) is 16.4. The second-order valence-electron chi connectivity index (χ2n) is 10.1. The van der Waals surface area contributed by atoms with Gasteiger partial charge in [-0.25, -0.2) is 8.78 Å². The molecule has 1 fully saturated rings. The number of ether oxygens (including phenoxy) is 2. The van der Waals surface area contributed by atoms with E-state index in [2.05, 4.69) is 0 Å². The molecule has 39 heavy (non-hydrogen) atoms. The number of benzene rings is 3. The van der Waals surface area contributed by atoms with Crippen molar-refractivity contribution < 1.29 is 28.2 Å². The fraction of sp³-hybridized carbons (Fsp3) is 0.387. The van der Waals surface area contributed by atoms with Gasteiger partial charge in [-0.2, -0.15) is 0 Å². The summed E-state index contributed by atoms with van der Waals surface area (Å²) in [7, 11) is 1.61. The minimum Gasteiger partial charge on any atom is -0.385 e. The summed E-state index contributed by atoms with van der Waals surface area (Å²) in [5.74, 6) is -0.953. The first kappa shape index (κ1) is 28.8. The molecule has 1 aliphatic rings. The summed E-state index contributed by atoms with van der Waals surface area (Å²) < 4.78 is 41.7. The van der Waals surface area contributed by atoms with Crippen LogP contribution in [0, 0.1) is 18.6 Å². The van der Waals surface area contributed by atoms with Crippen molar-refractivity contribution in [2.45, 2.75) is 43.9 Å².